The lowest BCUT2D eigenvalue weighted by atomic mass is 10.2. The molecule has 0 radical (unpaired) electrons. The fourth-order valence-electron chi connectivity index (χ4n) is 3.16. The first-order chi connectivity index (χ1) is 13.1. The number of amides is 2. The summed E-state index contributed by atoms with van der Waals surface area (Å²) in [6.45, 7) is 3.56. The lowest BCUT2D eigenvalue weighted by molar-refractivity contribution is 0.0713. The van der Waals surface area contributed by atoms with Crippen LogP contribution in [0.2, 0.25) is 0 Å². The van der Waals surface area contributed by atoms with Gasteiger partial charge >= 0.3 is 0 Å². The average Bonchev–Trinajstić information content (AvgIpc) is 3.23. The number of furan rings is 1. The summed E-state index contributed by atoms with van der Waals surface area (Å²) in [7, 11) is 0. The normalized spacial score (nSPS) is 13.7. The predicted molar refractivity (Wildman–Crippen MR) is 99.4 cm³/mol. The Morgan fingerprint density at radius 3 is 2.70 bits per heavy atom. The molecule has 7 nitrogen and oxygen atoms in total. The smallest absolute Gasteiger partial charge is 0.289 e. The van der Waals surface area contributed by atoms with Gasteiger partial charge in [-0.1, -0.05) is 18.2 Å². The van der Waals surface area contributed by atoms with Gasteiger partial charge in [0.1, 0.15) is 0 Å². The topological polar surface area (TPSA) is 80.4 Å². The number of aromatic nitrogens is 2. The molecule has 1 aliphatic rings. The highest BCUT2D eigenvalue weighted by atomic mass is 16.3. The Labute approximate surface area is 156 Å². The summed E-state index contributed by atoms with van der Waals surface area (Å²) in [6, 6.07) is 12.7. The van der Waals surface area contributed by atoms with E-state index in [1.54, 1.807) is 28.0 Å². The summed E-state index contributed by atoms with van der Waals surface area (Å²) in [5.74, 6) is -0.0724. The van der Waals surface area contributed by atoms with Crippen LogP contribution in [-0.2, 0) is 13.1 Å². The Hall–Kier alpha value is -3.35. The van der Waals surface area contributed by atoms with Gasteiger partial charge in [-0.2, -0.15) is 5.10 Å². The molecule has 0 saturated heterocycles. The number of fused-ring (bicyclic) bond motifs is 1. The van der Waals surface area contributed by atoms with Gasteiger partial charge in [0.2, 0.25) is 0 Å². The molecule has 0 fully saturated rings. The van der Waals surface area contributed by atoms with Crippen LogP contribution >= 0.6 is 0 Å². The van der Waals surface area contributed by atoms with Gasteiger partial charge in [-0.25, -0.2) is 0 Å². The van der Waals surface area contributed by atoms with Crippen LogP contribution in [0.1, 0.15) is 38.7 Å². The monoisotopic (exact) mass is 364 g/mol. The van der Waals surface area contributed by atoms with Crippen molar-refractivity contribution in [2.75, 3.05) is 11.9 Å². The lowest BCUT2D eigenvalue weighted by Gasteiger charge is -2.18. The van der Waals surface area contributed by atoms with E-state index in [1.807, 2.05) is 37.3 Å². The van der Waals surface area contributed by atoms with E-state index in [9.17, 15) is 9.59 Å². The first-order valence-corrected chi connectivity index (χ1v) is 8.88. The van der Waals surface area contributed by atoms with Crippen LogP contribution in [0.4, 0.5) is 5.69 Å². The number of carbonyl (C=O) groups is 2. The van der Waals surface area contributed by atoms with Crippen molar-refractivity contribution < 1.29 is 14.0 Å². The van der Waals surface area contributed by atoms with Gasteiger partial charge in [-0.05, 0) is 43.2 Å². The second kappa shape index (κ2) is 7.11. The molecule has 3 heterocycles. The zero-order valence-electron chi connectivity index (χ0n) is 15.0. The molecule has 27 heavy (non-hydrogen) atoms. The van der Waals surface area contributed by atoms with Gasteiger partial charge in [0.25, 0.3) is 11.8 Å². The quantitative estimate of drug-likeness (QED) is 0.774. The largest absolute Gasteiger partial charge is 0.459 e. The number of para-hydroxylation sites is 1. The minimum Gasteiger partial charge on any atom is -0.459 e. The molecule has 0 bridgehead atoms. The van der Waals surface area contributed by atoms with Gasteiger partial charge in [0.05, 0.1) is 18.5 Å². The Morgan fingerprint density at radius 1 is 1.15 bits per heavy atom. The van der Waals surface area contributed by atoms with E-state index in [0.717, 1.165) is 23.4 Å². The fourth-order valence-corrected chi connectivity index (χ4v) is 3.16. The zero-order chi connectivity index (χ0) is 18.8. The molecular weight excluding hydrogens is 344 g/mol. The molecule has 0 atom stereocenters. The molecule has 0 aliphatic carbocycles. The maximum Gasteiger partial charge on any atom is 0.289 e. The van der Waals surface area contributed by atoms with E-state index in [2.05, 4.69) is 10.4 Å². The number of anilines is 1. The van der Waals surface area contributed by atoms with Crippen LogP contribution in [0, 0.1) is 6.92 Å². The summed E-state index contributed by atoms with van der Waals surface area (Å²) >= 11 is 0. The molecular formula is C20H20N4O3. The van der Waals surface area contributed by atoms with Crippen molar-refractivity contribution in [2.24, 2.45) is 0 Å². The predicted octanol–water partition coefficient (Wildman–Crippen LogP) is 3.08. The molecule has 0 unspecified atom stereocenters. The van der Waals surface area contributed by atoms with E-state index in [4.69, 9.17) is 4.42 Å². The van der Waals surface area contributed by atoms with E-state index in [1.165, 1.54) is 0 Å². The summed E-state index contributed by atoms with van der Waals surface area (Å²) in [6.07, 6.45) is 2.33. The summed E-state index contributed by atoms with van der Waals surface area (Å²) in [5.41, 5.74) is 2.81. The molecule has 4 rings (SSSR count). The fraction of sp³-hybridized carbons (Fsp3) is 0.250. The number of carbonyl (C=O) groups excluding carboxylic acids is 2. The van der Waals surface area contributed by atoms with E-state index >= 15 is 0 Å². The van der Waals surface area contributed by atoms with Gasteiger partial charge < -0.3 is 14.6 Å². The minimum absolute atomic E-state index is 0.145. The second-order valence-electron chi connectivity index (χ2n) is 6.63. The molecule has 7 heteroatoms. The number of aryl methyl sites for hydroxylation is 2. The van der Waals surface area contributed by atoms with Gasteiger partial charge in [0, 0.05) is 18.8 Å². The number of rotatable bonds is 3. The third kappa shape index (κ3) is 3.62. The van der Waals surface area contributed by atoms with Crippen LogP contribution in [-0.4, -0.2) is 33.0 Å². The summed E-state index contributed by atoms with van der Waals surface area (Å²) < 4.78 is 7.15. The number of hydrogen-bond acceptors (Lipinski definition) is 4. The number of hydrogen-bond donors (Lipinski definition) is 1. The number of nitrogens with zero attached hydrogens (tertiary/aromatic N) is 3. The van der Waals surface area contributed by atoms with Gasteiger partial charge in [-0.3, -0.25) is 14.3 Å². The van der Waals surface area contributed by atoms with Crippen LogP contribution in [0.3, 0.4) is 0 Å². The van der Waals surface area contributed by atoms with Crippen molar-refractivity contribution in [1.29, 1.82) is 0 Å². The first-order valence-electron chi connectivity index (χ1n) is 8.88. The van der Waals surface area contributed by atoms with Crippen molar-refractivity contribution >= 4 is 17.5 Å². The maximum atomic E-state index is 12.7. The molecule has 3 aromatic rings. The Morgan fingerprint density at radius 2 is 1.96 bits per heavy atom. The molecule has 138 valence electrons. The summed E-state index contributed by atoms with van der Waals surface area (Å²) in [4.78, 5) is 26.9. The van der Waals surface area contributed by atoms with Gasteiger partial charge in [-0.15, -0.1) is 0 Å². The zero-order valence-corrected chi connectivity index (χ0v) is 15.0. The number of nitrogens with one attached hydrogen (secondary N) is 1. The Bertz CT molecular complexity index is 974. The molecule has 0 spiro atoms. The average molecular weight is 364 g/mol. The van der Waals surface area contributed by atoms with Crippen molar-refractivity contribution in [3.05, 3.63) is 71.4 Å². The van der Waals surface area contributed by atoms with Crippen LogP contribution in [0.5, 0.6) is 0 Å². The molecule has 1 N–H and O–H groups in total. The standard InChI is InChI=1S/C20H20N4O3/c1-14-10-18(27-13-14)20(26)23-8-5-9-24-16(12-23)11-17(22-24)19(25)21-15-6-3-2-4-7-15/h2-4,6-7,10-11,13H,5,8-9,12H2,1H3,(H,21,25). The van der Waals surface area contributed by atoms with Crippen molar-refractivity contribution in [3.8, 4) is 0 Å². The lowest BCUT2D eigenvalue weighted by Crippen LogP contribution is -2.30. The van der Waals surface area contributed by atoms with Crippen LogP contribution in [0.15, 0.2) is 53.1 Å². The first kappa shape index (κ1) is 17.1. The number of benzene rings is 1. The highest BCUT2D eigenvalue weighted by molar-refractivity contribution is 6.02. The Balaban J connectivity index is 1.51. The van der Waals surface area contributed by atoms with E-state index in [-0.39, 0.29) is 11.8 Å². The minimum atomic E-state index is -0.263. The van der Waals surface area contributed by atoms with Crippen molar-refractivity contribution in [3.63, 3.8) is 0 Å². The highest BCUT2D eigenvalue weighted by Gasteiger charge is 2.24. The molecule has 2 aromatic heterocycles. The van der Waals surface area contributed by atoms with Gasteiger partial charge in [0.15, 0.2) is 11.5 Å². The molecule has 0 saturated carbocycles. The maximum absolute atomic E-state index is 12.7. The second-order valence-corrected chi connectivity index (χ2v) is 6.63. The van der Waals surface area contributed by atoms with Crippen molar-refractivity contribution in [2.45, 2.75) is 26.4 Å². The molecule has 1 aliphatic heterocycles. The van der Waals surface area contributed by atoms with Crippen LogP contribution < -0.4 is 5.32 Å². The third-order valence-corrected chi connectivity index (χ3v) is 4.51. The molecule has 2 amide bonds. The van der Waals surface area contributed by atoms with E-state index in [0.29, 0.717) is 31.1 Å². The van der Waals surface area contributed by atoms with Crippen molar-refractivity contribution in [1.82, 2.24) is 14.7 Å². The van der Waals surface area contributed by atoms with E-state index < -0.39 is 0 Å². The van der Waals surface area contributed by atoms with Crippen LogP contribution in [0.25, 0.3) is 0 Å². The highest BCUT2D eigenvalue weighted by Crippen LogP contribution is 2.18. The third-order valence-electron chi connectivity index (χ3n) is 4.51. The SMILES string of the molecule is Cc1coc(C(=O)N2CCCn3nc(C(=O)Nc4ccccc4)cc3C2)c1. The Kier molecular flexibility index (Phi) is 4.50. The summed E-state index contributed by atoms with van der Waals surface area (Å²) in [5, 5.41) is 7.26. The molecule has 1 aromatic carbocycles.